The van der Waals surface area contributed by atoms with E-state index in [4.69, 9.17) is 10.5 Å². The number of para-hydroxylation sites is 1. The number of nitrogen functional groups attached to an aromatic ring is 1. The van der Waals surface area contributed by atoms with E-state index in [-0.39, 0.29) is 23.3 Å². The molecule has 0 amide bonds. The van der Waals surface area contributed by atoms with Crippen molar-refractivity contribution in [3.05, 3.63) is 46.1 Å². The van der Waals surface area contributed by atoms with Crippen LogP contribution in [0.25, 0.3) is 0 Å². The topological polar surface area (TPSA) is 104 Å². The zero-order valence-corrected chi connectivity index (χ0v) is 9.53. The van der Waals surface area contributed by atoms with Crippen molar-refractivity contribution in [2.24, 2.45) is 0 Å². The monoisotopic (exact) mass is 246 g/mol. The van der Waals surface area contributed by atoms with Crippen LogP contribution in [-0.2, 0) is 0 Å². The van der Waals surface area contributed by atoms with Crippen LogP contribution in [0.5, 0.6) is 11.6 Å². The Bertz CT molecular complexity index is 601. The third-order valence-electron chi connectivity index (χ3n) is 2.25. The Hall–Kier alpha value is -2.70. The van der Waals surface area contributed by atoms with Gasteiger partial charge in [-0.15, -0.1) is 0 Å². The van der Waals surface area contributed by atoms with Gasteiger partial charge in [-0.1, -0.05) is 12.1 Å². The number of benzene rings is 1. The highest BCUT2D eigenvalue weighted by molar-refractivity contribution is 5.53. The molecule has 2 aromatic rings. The van der Waals surface area contributed by atoms with Crippen molar-refractivity contribution < 1.29 is 9.66 Å². The van der Waals surface area contributed by atoms with E-state index in [0.717, 1.165) is 0 Å². The average molecular weight is 246 g/mol. The number of hydrogen-bond acceptors (Lipinski definition) is 6. The lowest BCUT2D eigenvalue weighted by Crippen LogP contribution is -1.99. The Labute approximate surface area is 102 Å². The minimum absolute atomic E-state index is 0.0443. The summed E-state index contributed by atoms with van der Waals surface area (Å²) in [5, 5.41) is 11.0. The largest absolute Gasteiger partial charge is 0.432 e. The number of anilines is 1. The number of ether oxygens (including phenoxy) is 1. The fraction of sp³-hybridized carbons (Fsp3) is 0.0909. The van der Waals surface area contributed by atoms with Gasteiger partial charge in [0.2, 0.25) is 17.6 Å². The van der Waals surface area contributed by atoms with E-state index < -0.39 is 4.92 Å². The molecule has 92 valence electrons. The van der Waals surface area contributed by atoms with Crippen LogP contribution < -0.4 is 10.5 Å². The lowest BCUT2D eigenvalue weighted by Gasteiger charge is -2.06. The first-order valence-electron chi connectivity index (χ1n) is 5.08. The predicted molar refractivity (Wildman–Crippen MR) is 64.4 cm³/mol. The van der Waals surface area contributed by atoms with Crippen LogP contribution in [0.2, 0.25) is 0 Å². The van der Waals surface area contributed by atoms with Crippen molar-refractivity contribution in [2.75, 3.05) is 5.73 Å². The van der Waals surface area contributed by atoms with E-state index >= 15 is 0 Å². The molecule has 0 aliphatic heterocycles. The maximum absolute atomic E-state index is 11.0. The Morgan fingerprint density at radius 2 is 2.17 bits per heavy atom. The zero-order chi connectivity index (χ0) is 13.1. The van der Waals surface area contributed by atoms with E-state index in [1.54, 1.807) is 19.1 Å². The van der Waals surface area contributed by atoms with E-state index in [2.05, 4.69) is 9.97 Å². The minimum Gasteiger partial charge on any atom is -0.432 e. The van der Waals surface area contributed by atoms with Gasteiger partial charge in [0.15, 0.2) is 0 Å². The summed E-state index contributed by atoms with van der Waals surface area (Å²) in [5.41, 5.74) is 5.83. The number of aryl methyl sites for hydroxylation is 1. The summed E-state index contributed by atoms with van der Waals surface area (Å²) in [7, 11) is 0. The molecular weight excluding hydrogens is 236 g/mol. The molecule has 0 saturated carbocycles. The van der Waals surface area contributed by atoms with Crippen molar-refractivity contribution >= 4 is 11.6 Å². The van der Waals surface area contributed by atoms with Gasteiger partial charge in [0, 0.05) is 17.8 Å². The number of hydrogen-bond donors (Lipinski definition) is 1. The maximum atomic E-state index is 11.0. The zero-order valence-electron chi connectivity index (χ0n) is 9.53. The van der Waals surface area contributed by atoms with Gasteiger partial charge >= 0.3 is 5.69 Å². The highest BCUT2D eigenvalue weighted by Gasteiger charge is 2.19. The Kier molecular flexibility index (Phi) is 3.05. The molecule has 1 aromatic carbocycles. The molecule has 0 saturated heterocycles. The molecule has 2 N–H and O–H groups in total. The Balaban J connectivity index is 2.40. The average Bonchev–Trinajstić information content (AvgIpc) is 2.28. The predicted octanol–water partition coefficient (Wildman–Crippen LogP) is 2.07. The lowest BCUT2D eigenvalue weighted by molar-refractivity contribution is -0.386. The molecule has 1 heterocycles. The van der Waals surface area contributed by atoms with Crippen molar-refractivity contribution in [3.63, 3.8) is 0 Å². The van der Waals surface area contributed by atoms with Crippen LogP contribution in [0.3, 0.4) is 0 Å². The lowest BCUT2D eigenvalue weighted by atomic mass is 10.2. The first-order valence-corrected chi connectivity index (χ1v) is 5.08. The molecule has 7 heteroatoms. The standard InChI is InChI=1S/C11H10N4O3/c1-7-3-2-4-8(10(7)15(16)17)18-9-5-6-13-11(12)14-9/h2-6H,1H3,(H2,12,13,14). The number of rotatable bonds is 3. The maximum Gasteiger partial charge on any atom is 0.314 e. The van der Waals surface area contributed by atoms with Crippen LogP contribution in [0.1, 0.15) is 5.56 Å². The molecule has 0 aliphatic carbocycles. The van der Waals surface area contributed by atoms with Gasteiger partial charge in [0.1, 0.15) is 0 Å². The van der Waals surface area contributed by atoms with Gasteiger partial charge in [0.05, 0.1) is 4.92 Å². The number of nitrogens with two attached hydrogens (primary N) is 1. The summed E-state index contributed by atoms with van der Waals surface area (Å²) in [6.07, 6.45) is 1.42. The fourth-order valence-electron chi connectivity index (χ4n) is 1.47. The van der Waals surface area contributed by atoms with E-state index in [0.29, 0.717) is 5.56 Å². The van der Waals surface area contributed by atoms with Crippen LogP contribution in [-0.4, -0.2) is 14.9 Å². The van der Waals surface area contributed by atoms with Crippen molar-refractivity contribution in [2.45, 2.75) is 6.92 Å². The van der Waals surface area contributed by atoms with Crippen LogP contribution in [0.15, 0.2) is 30.5 Å². The van der Waals surface area contributed by atoms with Gasteiger partial charge in [-0.3, -0.25) is 10.1 Å². The van der Waals surface area contributed by atoms with Gasteiger partial charge in [-0.05, 0) is 13.0 Å². The normalized spacial score (nSPS) is 10.1. The first kappa shape index (κ1) is 11.8. The smallest absolute Gasteiger partial charge is 0.314 e. The SMILES string of the molecule is Cc1cccc(Oc2ccnc(N)n2)c1[N+](=O)[O-]. The molecule has 0 fully saturated rings. The molecular formula is C11H10N4O3. The third kappa shape index (κ3) is 2.34. The van der Waals surface area contributed by atoms with E-state index in [1.165, 1.54) is 18.3 Å². The molecule has 2 rings (SSSR count). The number of aromatic nitrogens is 2. The summed E-state index contributed by atoms with van der Waals surface area (Å²) in [5.74, 6) is 0.331. The number of nitro groups is 1. The molecule has 0 spiro atoms. The molecule has 0 unspecified atom stereocenters. The van der Waals surface area contributed by atoms with Crippen molar-refractivity contribution in [1.82, 2.24) is 9.97 Å². The van der Waals surface area contributed by atoms with Gasteiger partial charge in [0.25, 0.3) is 0 Å². The molecule has 0 aliphatic rings. The van der Waals surface area contributed by atoms with Crippen molar-refractivity contribution in [3.8, 4) is 11.6 Å². The highest BCUT2D eigenvalue weighted by atomic mass is 16.6. The van der Waals surface area contributed by atoms with Crippen LogP contribution in [0.4, 0.5) is 11.6 Å². The Morgan fingerprint density at radius 1 is 1.39 bits per heavy atom. The van der Waals surface area contributed by atoms with Gasteiger partial charge in [-0.2, -0.15) is 4.98 Å². The summed E-state index contributed by atoms with van der Waals surface area (Å²) >= 11 is 0. The third-order valence-corrected chi connectivity index (χ3v) is 2.25. The summed E-state index contributed by atoms with van der Waals surface area (Å²) in [6.45, 7) is 1.64. The second kappa shape index (κ2) is 4.66. The molecule has 0 atom stereocenters. The number of nitrogens with zero attached hydrogens (tertiary/aromatic N) is 3. The molecule has 0 radical (unpaired) electrons. The van der Waals surface area contributed by atoms with Crippen LogP contribution in [0, 0.1) is 17.0 Å². The second-order valence-corrected chi connectivity index (χ2v) is 3.53. The Morgan fingerprint density at radius 3 is 2.83 bits per heavy atom. The quantitative estimate of drug-likeness (QED) is 0.656. The van der Waals surface area contributed by atoms with E-state index in [1.807, 2.05) is 0 Å². The summed E-state index contributed by atoms with van der Waals surface area (Å²) < 4.78 is 5.36. The molecule has 7 nitrogen and oxygen atoms in total. The number of nitro benzene ring substituents is 1. The summed E-state index contributed by atoms with van der Waals surface area (Å²) in [6, 6.07) is 6.29. The highest BCUT2D eigenvalue weighted by Crippen LogP contribution is 2.33. The van der Waals surface area contributed by atoms with Gasteiger partial charge in [-0.25, -0.2) is 4.98 Å². The molecule has 0 bridgehead atoms. The van der Waals surface area contributed by atoms with E-state index in [9.17, 15) is 10.1 Å². The first-order chi connectivity index (χ1) is 8.58. The van der Waals surface area contributed by atoms with Crippen LogP contribution >= 0.6 is 0 Å². The minimum atomic E-state index is -0.491. The second-order valence-electron chi connectivity index (χ2n) is 3.53. The van der Waals surface area contributed by atoms with Gasteiger partial charge < -0.3 is 10.5 Å². The molecule has 1 aromatic heterocycles. The molecule has 18 heavy (non-hydrogen) atoms. The fourth-order valence-corrected chi connectivity index (χ4v) is 1.47. The summed E-state index contributed by atoms with van der Waals surface area (Å²) in [4.78, 5) is 18.0. The van der Waals surface area contributed by atoms with Crippen molar-refractivity contribution in [1.29, 1.82) is 0 Å².